The Hall–Kier alpha value is -3.60. The smallest absolute Gasteiger partial charge is 0.260 e. The van der Waals surface area contributed by atoms with Gasteiger partial charge in [0.25, 0.3) is 11.8 Å². The first-order valence-corrected chi connectivity index (χ1v) is 12.1. The van der Waals surface area contributed by atoms with Crippen molar-refractivity contribution in [1.29, 1.82) is 0 Å². The first-order valence-electron chi connectivity index (χ1n) is 12.1. The van der Waals surface area contributed by atoms with E-state index in [2.05, 4.69) is 31.2 Å². The number of carbonyl (C=O) groups is 2. The van der Waals surface area contributed by atoms with Crippen LogP contribution in [0.3, 0.4) is 0 Å². The molecule has 1 fully saturated rings. The van der Waals surface area contributed by atoms with Crippen molar-refractivity contribution in [2.24, 2.45) is 0 Å². The Morgan fingerprint density at radius 1 is 0.912 bits per heavy atom. The lowest BCUT2D eigenvalue weighted by molar-refractivity contribution is -0.132. The fourth-order valence-corrected chi connectivity index (χ4v) is 5.05. The van der Waals surface area contributed by atoms with E-state index >= 15 is 0 Å². The van der Waals surface area contributed by atoms with E-state index in [4.69, 9.17) is 4.74 Å². The summed E-state index contributed by atoms with van der Waals surface area (Å²) < 4.78 is 5.94. The third-order valence-corrected chi connectivity index (χ3v) is 6.81. The van der Waals surface area contributed by atoms with Crippen LogP contribution < -0.4 is 4.74 Å². The molecule has 0 aromatic heterocycles. The molecule has 3 aromatic rings. The van der Waals surface area contributed by atoms with Crippen LogP contribution in [-0.2, 0) is 11.2 Å². The van der Waals surface area contributed by atoms with Crippen molar-refractivity contribution in [3.05, 3.63) is 101 Å². The Labute approximate surface area is 201 Å². The van der Waals surface area contributed by atoms with Crippen molar-refractivity contribution in [2.75, 3.05) is 26.2 Å². The molecule has 0 bridgehead atoms. The monoisotopic (exact) mass is 454 g/mol. The molecule has 174 valence electrons. The van der Waals surface area contributed by atoms with Gasteiger partial charge in [0, 0.05) is 25.2 Å². The highest BCUT2D eigenvalue weighted by Gasteiger charge is 2.33. The van der Waals surface area contributed by atoms with Crippen LogP contribution in [0.15, 0.2) is 72.8 Å². The van der Waals surface area contributed by atoms with E-state index in [0.717, 1.165) is 49.0 Å². The third kappa shape index (κ3) is 4.56. The van der Waals surface area contributed by atoms with Gasteiger partial charge in [-0.3, -0.25) is 9.59 Å². The summed E-state index contributed by atoms with van der Waals surface area (Å²) in [7, 11) is 0. The molecule has 2 aliphatic rings. The maximum Gasteiger partial charge on any atom is 0.260 e. The molecule has 0 saturated carbocycles. The fraction of sp³-hybridized carbons (Fsp3) is 0.310. The summed E-state index contributed by atoms with van der Waals surface area (Å²) in [6.45, 7) is 4.39. The molecule has 1 atom stereocenters. The summed E-state index contributed by atoms with van der Waals surface area (Å²) >= 11 is 0. The minimum atomic E-state index is -0.214. The lowest BCUT2D eigenvalue weighted by Crippen LogP contribution is -2.40. The second kappa shape index (κ2) is 9.72. The molecule has 0 radical (unpaired) electrons. The summed E-state index contributed by atoms with van der Waals surface area (Å²) in [5.41, 5.74) is 5.19. The van der Waals surface area contributed by atoms with Gasteiger partial charge in [-0.1, -0.05) is 54.1 Å². The predicted octanol–water partition coefficient (Wildman–Crippen LogP) is 4.78. The maximum absolute atomic E-state index is 13.6. The van der Waals surface area contributed by atoms with Gasteiger partial charge in [-0.2, -0.15) is 0 Å². The normalized spacial score (nSPS) is 17.4. The molecule has 2 heterocycles. The molecular weight excluding hydrogens is 424 g/mol. The van der Waals surface area contributed by atoms with Crippen LogP contribution in [0.5, 0.6) is 5.75 Å². The zero-order valence-corrected chi connectivity index (χ0v) is 19.6. The second-order valence-corrected chi connectivity index (χ2v) is 9.17. The van der Waals surface area contributed by atoms with E-state index in [0.29, 0.717) is 17.9 Å². The van der Waals surface area contributed by atoms with Crippen LogP contribution >= 0.6 is 0 Å². The third-order valence-electron chi connectivity index (χ3n) is 6.81. The van der Waals surface area contributed by atoms with Crippen molar-refractivity contribution in [3.8, 4) is 5.75 Å². The molecule has 34 heavy (non-hydrogen) atoms. The zero-order valence-electron chi connectivity index (χ0n) is 19.6. The Morgan fingerprint density at radius 2 is 1.71 bits per heavy atom. The van der Waals surface area contributed by atoms with E-state index in [1.165, 1.54) is 5.56 Å². The number of aryl methyl sites for hydroxylation is 1. The standard InChI is InChI=1S/C29H30N2O3/c1-21-8-7-11-24(18-21)28-26-19-25(34-20-27(32)30-15-5-6-16-30)13-12-22(26)14-17-31(28)29(33)23-9-3-2-4-10-23/h2-4,7-13,18-19,28H,5-6,14-17,20H2,1H3. The quantitative estimate of drug-likeness (QED) is 0.557. The first-order chi connectivity index (χ1) is 16.6. The number of hydrogen-bond donors (Lipinski definition) is 0. The van der Waals surface area contributed by atoms with Gasteiger partial charge >= 0.3 is 0 Å². The van der Waals surface area contributed by atoms with Gasteiger partial charge in [-0.05, 0) is 67.1 Å². The molecule has 0 spiro atoms. The summed E-state index contributed by atoms with van der Waals surface area (Å²) in [5, 5.41) is 0. The summed E-state index contributed by atoms with van der Waals surface area (Å²) in [4.78, 5) is 29.9. The van der Waals surface area contributed by atoms with Gasteiger partial charge in [-0.15, -0.1) is 0 Å². The summed E-state index contributed by atoms with van der Waals surface area (Å²) in [5.74, 6) is 0.720. The topological polar surface area (TPSA) is 49.9 Å². The van der Waals surface area contributed by atoms with Gasteiger partial charge in [0.2, 0.25) is 0 Å². The molecule has 1 unspecified atom stereocenters. The first kappa shape index (κ1) is 22.2. The highest BCUT2D eigenvalue weighted by molar-refractivity contribution is 5.95. The average Bonchev–Trinajstić information content (AvgIpc) is 3.42. The molecule has 2 amide bonds. The number of fused-ring (bicyclic) bond motifs is 1. The Morgan fingerprint density at radius 3 is 2.47 bits per heavy atom. The fourth-order valence-electron chi connectivity index (χ4n) is 5.05. The SMILES string of the molecule is Cc1cccc(C2c3cc(OCC(=O)N4CCCC4)ccc3CCN2C(=O)c2ccccc2)c1. The number of hydrogen-bond acceptors (Lipinski definition) is 3. The number of ether oxygens (including phenoxy) is 1. The Bertz CT molecular complexity index is 1180. The summed E-state index contributed by atoms with van der Waals surface area (Å²) in [6, 6.07) is 23.6. The van der Waals surface area contributed by atoms with Gasteiger partial charge in [0.15, 0.2) is 6.61 Å². The van der Waals surface area contributed by atoms with Gasteiger partial charge in [-0.25, -0.2) is 0 Å². The number of likely N-dealkylation sites (tertiary alicyclic amines) is 1. The summed E-state index contributed by atoms with van der Waals surface area (Å²) in [6.07, 6.45) is 2.91. The van der Waals surface area contributed by atoms with Crippen LogP contribution in [0.4, 0.5) is 0 Å². The highest BCUT2D eigenvalue weighted by atomic mass is 16.5. The lowest BCUT2D eigenvalue weighted by Gasteiger charge is -2.38. The number of nitrogens with zero attached hydrogens (tertiary/aromatic N) is 2. The Kier molecular flexibility index (Phi) is 6.35. The molecule has 5 rings (SSSR count). The number of amides is 2. The minimum absolute atomic E-state index is 0.0216. The number of benzene rings is 3. The van der Waals surface area contributed by atoms with Gasteiger partial charge in [0.1, 0.15) is 5.75 Å². The lowest BCUT2D eigenvalue weighted by atomic mass is 9.87. The van der Waals surface area contributed by atoms with Crippen molar-refractivity contribution in [1.82, 2.24) is 9.80 Å². The van der Waals surface area contributed by atoms with Crippen LogP contribution in [0.1, 0.15) is 51.5 Å². The van der Waals surface area contributed by atoms with E-state index in [1.54, 1.807) is 0 Å². The van der Waals surface area contributed by atoms with Crippen LogP contribution in [-0.4, -0.2) is 47.9 Å². The van der Waals surface area contributed by atoms with Crippen molar-refractivity contribution in [2.45, 2.75) is 32.2 Å². The minimum Gasteiger partial charge on any atom is -0.484 e. The maximum atomic E-state index is 13.6. The largest absolute Gasteiger partial charge is 0.484 e. The van der Waals surface area contributed by atoms with E-state index in [1.807, 2.05) is 58.3 Å². The molecular formula is C29H30N2O3. The molecule has 5 heteroatoms. The predicted molar refractivity (Wildman–Crippen MR) is 132 cm³/mol. The van der Waals surface area contributed by atoms with Crippen LogP contribution in [0.2, 0.25) is 0 Å². The molecule has 0 aliphatic carbocycles. The van der Waals surface area contributed by atoms with E-state index in [9.17, 15) is 9.59 Å². The zero-order chi connectivity index (χ0) is 23.5. The second-order valence-electron chi connectivity index (χ2n) is 9.17. The van der Waals surface area contributed by atoms with Crippen molar-refractivity contribution < 1.29 is 14.3 Å². The van der Waals surface area contributed by atoms with Gasteiger partial charge < -0.3 is 14.5 Å². The number of rotatable bonds is 5. The van der Waals surface area contributed by atoms with E-state index in [-0.39, 0.29) is 24.5 Å². The molecule has 2 aliphatic heterocycles. The molecule has 1 saturated heterocycles. The number of carbonyl (C=O) groups excluding carboxylic acids is 2. The van der Waals surface area contributed by atoms with Crippen molar-refractivity contribution in [3.63, 3.8) is 0 Å². The van der Waals surface area contributed by atoms with Gasteiger partial charge in [0.05, 0.1) is 6.04 Å². The van der Waals surface area contributed by atoms with E-state index < -0.39 is 0 Å². The van der Waals surface area contributed by atoms with Crippen LogP contribution in [0, 0.1) is 6.92 Å². The molecule has 0 N–H and O–H groups in total. The molecule has 3 aromatic carbocycles. The van der Waals surface area contributed by atoms with Crippen molar-refractivity contribution >= 4 is 11.8 Å². The highest BCUT2D eigenvalue weighted by Crippen LogP contribution is 2.38. The Balaban J connectivity index is 1.47. The average molecular weight is 455 g/mol. The van der Waals surface area contributed by atoms with Crippen LogP contribution in [0.25, 0.3) is 0 Å². The molecule has 5 nitrogen and oxygen atoms in total.